The van der Waals surface area contributed by atoms with Gasteiger partial charge in [0.2, 0.25) is 6.29 Å². The fourth-order valence-electron chi connectivity index (χ4n) is 1.41. The molecule has 0 aromatic heterocycles. The van der Waals surface area contributed by atoms with Crippen LogP contribution in [0, 0.1) is 0 Å². The number of hydrogen-bond acceptors (Lipinski definition) is 4. The predicted octanol–water partition coefficient (Wildman–Crippen LogP) is 0.946. The average Bonchev–Trinajstić information content (AvgIpc) is 2.34. The lowest BCUT2D eigenvalue weighted by Crippen LogP contribution is -2.19. The zero-order valence-corrected chi connectivity index (χ0v) is 9.58. The van der Waals surface area contributed by atoms with E-state index in [4.69, 9.17) is 9.47 Å². The van der Waals surface area contributed by atoms with Gasteiger partial charge < -0.3 is 14.8 Å². The number of hydrogen-bond donors (Lipinski definition) is 1. The highest BCUT2D eigenvalue weighted by Crippen LogP contribution is 2.27. The summed E-state index contributed by atoms with van der Waals surface area (Å²) in [6, 6.07) is 5.79. The molecule has 4 heteroatoms. The van der Waals surface area contributed by atoms with E-state index in [-0.39, 0.29) is 6.54 Å². The summed E-state index contributed by atoms with van der Waals surface area (Å²) >= 11 is 0. The topological polar surface area (TPSA) is 47.6 Å². The Morgan fingerprint density at radius 3 is 2.62 bits per heavy atom. The van der Waals surface area contributed by atoms with Gasteiger partial charge in [0.1, 0.15) is 0 Å². The quantitative estimate of drug-likeness (QED) is 0.698. The molecule has 4 nitrogen and oxygen atoms in total. The summed E-state index contributed by atoms with van der Waals surface area (Å²) in [5.41, 5.74) is 1.14. The minimum atomic E-state index is 0.271. The first kappa shape index (κ1) is 12.5. The molecule has 16 heavy (non-hydrogen) atoms. The van der Waals surface area contributed by atoms with Crippen molar-refractivity contribution in [2.45, 2.75) is 6.42 Å². The van der Waals surface area contributed by atoms with Crippen LogP contribution in [0.5, 0.6) is 11.5 Å². The number of carbonyl (C=O) groups excluding carboxylic acids is 1. The predicted molar refractivity (Wildman–Crippen MR) is 61.8 cm³/mol. The van der Waals surface area contributed by atoms with Gasteiger partial charge in [-0.2, -0.15) is 0 Å². The van der Waals surface area contributed by atoms with Crippen LogP contribution in [0.15, 0.2) is 18.2 Å². The molecule has 0 unspecified atom stereocenters. The van der Waals surface area contributed by atoms with Crippen molar-refractivity contribution in [1.82, 2.24) is 5.32 Å². The van der Waals surface area contributed by atoms with Crippen molar-refractivity contribution in [3.05, 3.63) is 23.8 Å². The summed E-state index contributed by atoms with van der Waals surface area (Å²) < 4.78 is 10.3. The van der Waals surface area contributed by atoms with Crippen LogP contribution in [-0.4, -0.2) is 33.6 Å². The number of rotatable bonds is 7. The molecule has 0 bridgehead atoms. The van der Waals surface area contributed by atoms with Crippen molar-refractivity contribution in [1.29, 1.82) is 0 Å². The molecule has 1 N–H and O–H groups in total. The van der Waals surface area contributed by atoms with Crippen LogP contribution in [0.2, 0.25) is 0 Å². The van der Waals surface area contributed by atoms with Crippen molar-refractivity contribution in [3.63, 3.8) is 0 Å². The summed E-state index contributed by atoms with van der Waals surface area (Å²) in [5.74, 6) is 1.45. The smallest absolute Gasteiger partial charge is 0.213 e. The van der Waals surface area contributed by atoms with E-state index in [1.54, 1.807) is 20.5 Å². The largest absolute Gasteiger partial charge is 0.493 e. The standard InChI is InChI=1S/C12H16NO3/c1-15-11-4-3-10(9-12(11)16-2)5-6-13-7-8-14/h3-4,9,13H,5-7H2,1-2H3. The van der Waals surface area contributed by atoms with Gasteiger partial charge >= 0.3 is 0 Å². The Labute approximate surface area is 95.6 Å². The van der Waals surface area contributed by atoms with Gasteiger partial charge in [-0.05, 0) is 30.7 Å². The summed E-state index contributed by atoms with van der Waals surface area (Å²) in [4.78, 5) is 9.98. The molecule has 0 fully saturated rings. The van der Waals surface area contributed by atoms with Crippen LogP contribution in [0.25, 0.3) is 0 Å². The Morgan fingerprint density at radius 1 is 1.25 bits per heavy atom. The van der Waals surface area contributed by atoms with Crippen LogP contribution in [0.4, 0.5) is 0 Å². The Balaban J connectivity index is 2.57. The summed E-state index contributed by atoms with van der Waals surface area (Å²) in [6.07, 6.45) is 2.62. The Kier molecular flexibility index (Phi) is 5.36. The third-order valence-electron chi connectivity index (χ3n) is 2.24. The van der Waals surface area contributed by atoms with E-state index in [9.17, 15) is 4.79 Å². The van der Waals surface area contributed by atoms with Gasteiger partial charge in [0.05, 0.1) is 20.8 Å². The Bertz CT molecular complexity index is 339. The number of ether oxygens (including phenoxy) is 2. The molecular weight excluding hydrogens is 206 g/mol. The monoisotopic (exact) mass is 222 g/mol. The normalized spacial score (nSPS) is 9.88. The van der Waals surface area contributed by atoms with Gasteiger partial charge in [0.25, 0.3) is 0 Å². The fraction of sp³-hybridized carbons (Fsp3) is 0.417. The van der Waals surface area contributed by atoms with Gasteiger partial charge in [-0.3, -0.25) is 4.79 Å². The lowest BCUT2D eigenvalue weighted by atomic mass is 10.1. The molecule has 0 aliphatic carbocycles. The molecular formula is C12H16NO3. The fourth-order valence-corrected chi connectivity index (χ4v) is 1.41. The number of methoxy groups -OCH3 is 2. The van der Waals surface area contributed by atoms with E-state index in [1.165, 1.54) is 0 Å². The lowest BCUT2D eigenvalue weighted by Gasteiger charge is -2.09. The number of nitrogens with one attached hydrogen (secondary N) is 1. The first-order valence-electron chi connectivity index (χ1n) is 5.08. The molecule has 1 rings (SSSR count). The van der Waals surface area contributed by atoms with Crippen LogP contribution < -0.4 is 14.8 Å². The second-order valence-electron chi connectivity index (χ2n) is 3.26. The third-order valence-corrected chi connectivity index (χ3v) is 2.24. The van der Waals surface area contributed by atoms with Crippen LogP contribution in [-0.2, 0) is 11.2 Å². The van der Waals surface area contributed by atoms with Gasteiger partial charge in [0, 0.05) is 0 Å². The van der Waals surface area contributed by atoms with Crippen LogP contribution in [0.1, 0.15) is 5.56 Å². The third kappa shape index (κ3) is 3.55. The molecule has 0 amide bonds. The molecule has 0 heterocycles. The van der Waals surface area contributed by atoms with Gasteiger partial charge in [0.15, 0.2) is 11.5 Å². The minimum absolute atomic E-state index is 0.271. The maximum Gasteiger partial charge on any atom is 0.213 e. The van der Waals surface area contributed by atoms with E-state index in [1.807, 2.05) is 18.2 Å². The highest BCUT2D eigenvalue weighted by molar-refractivity contribution is 5.52. The van der Waals surface area contributed by atoms with Gasteiger partial charge in [-0.1, -0.05) is 6.07 Å². The molecule has 0 spiro atoms. The molecule has 87 valence electrons. The molecule has 1 radical (unpaired) electrons. The first-order chi connectivity index (χ1) is 7.81. The second-order valence-corrected chi connectivity index (χ2v) is 3.26. The van der Waals surface area contributed by atoms with E-state index in [0.717, 1.165) is 30.0 Å². The van der Waals surface area contributed by atoms with Crippen molar-refractivity contribution in [3.8, 4) is 11.5 Å². The minimum Gasteiger partial charge on any atom is -0.493 e. The molecule has 1 aromatic rings. The molecule has 0 aliphatic heterocycles. The maximum absolute atomic E-state index is 9.98. The van der Waals surface area contributed by atoms with Crippen LogP contribution >= 0.6 is 0 Å². The SMILES string of the molecule is COc1ccc(CCNC[C]=O)cc1OC. The van der Waals surface area contributed by atoms with Gasteiger partial charge in [-0.15, -0.1) is 0 Å². The molecule has 0 saturated carbocycles. The van der Waals surface area contributed by atoms with Crippen molar-refractivity contribution in [2.24, 2.45) is 0 Å². The second kappa shape index (κ2) is 6.85. The summed E-state index contributed by atoms with van der Waals surface area (Å²) in [5, 5.41) is 2.95. The van der Waals surface area contributed by atoms with E-state index in [0.29, 0.717) is 0 Å². The average molecular weight is 222 g/mol. The Hall–Kier alpha value is -1.55. The molecule has 1 aromatic carbocycles. The highest BCUT2D eigenvalue weighted by atomic mass is 16.5. The number of benzene rings is 1. The lowest BCUT2D eigenvalue weighted by molar-refractivity contribution is 0.354. The van der Waals surface area contributed by atoms with E-state index in [2.05, 4.69) is 5.32 Å². The Morgan fingerprint density at radius 2 is 2.00 bits per heavy atom. The van der Waals surface area contributed by atoms with Crippen molar-refractivity contribution < 1.29 is 14.3 Å². The molecule has 0 aliphatic rings. The van der Waals surface area contributed by atoms with E-state index >= 15 is 0 Å². The highest BCUT2D eigenvalue weighted by Gasteiger charge is 2.03. The molecule has 0 saturated heterocycles. The van der Waals surface area contributed by atoms with Crippen molar-refractivity contribution >= 4 is 6.29 Å². The van der Waals surface area contributed by atoms with Gasteiger partial charge in [-0.25, -0.2) is 0 Å². The summed E-state index contributed by atoms with van der Waals surface area (Å²) in [6.45, 7) is 1.01. The summed E-state index contributed by atoms with van der Waals surface area (Å²) in [7, 11) is 3.22. The van der Waals surface area contributed by atoms with Crippen molar-refractivity contribution in [2.75, 3.05) is 27.3 Å². The maximum atomic E-state index is 9.98. The van der Waals surface area contributed by atoms with Crippen LogP contribution in [0.3, 0.4) is 0 Å². The zero-order chi connectivity index (χ0) is 11.8. The zero-order valence-electron chi connectivity index (χ0n) is 9.58. The van der Waals surface area contributed by atoms with E-state index < -0.39 is 0 Å². The first-order valence-corrected chi connectivity index (χ1v) is 5.08. The molecule has 0 atom stereocenters.